The first-order chi connectivity index (χ1) is 10.6. The van der Waals surface area contributed by atoms with Gasteiger partial charge in [0.05, 0.1) is 6.61 Å². The second-order valence-corrected chi connectivity index (χ2v) is 7.72. The smallest absolute Gasteiger partial charge is 0.407 e. The van der Waals surface area contributed by atoms with Crippen molar-refractivity contribution in [2.45, 2.75) is 64.3 Å². The fourth-order valence-corrected chi connectivity index (χ4v) is 5.83. The number of amides is 1. The van der Waals surface area contributed by atoms with Crippen molar-refractivity contribution in [2.24, 2.45) is 17.8 Å². The molecule has 4 heteroatoms. The SMILES string of the molecule is CCOC(=O)NCCCN(CC)C12CC3CC(CC(C3)C1)C2. The molecule has 0 unspecified atom stereocenters. The number of nitrogens with one attached hydrogen (secondary N) is 1. The van der Waals surface area contributed by atoms with Gasteiger partial charge in [0.1, 0.15) is 0 Å². The molecule has 0 saturated heterocycles. The first-order valence-electron chi connectivity index (χ1n) is 9.31. The topological polar surface area (TPSA) is 41.6 Å². The van der Waals surface area contributed by atoms with Crippen molar-refractivity contribution in [3.8, 4) is 0 Å². The average molecular weight is 308 g/mol. The van der Waals surface area contributed by atoms with Crippen LogP contribution in [0.4, 0.5) is 4.79 Å². The molecule has 4 nitrogen and oxygen atoms in total. The van der Waals surface area contributed by atoms with Crippen molar-refractivity contribution < 1.29 is 9.53 Å². The normalized spacial score (nSPS) is 35.9. The van der Waals surface area contributed by atoms with Gasteiger partial charge in [-0.15, -0.1) is 0 Å². The molecule has 0 spiro atoms. The fourth-order valence-electron chi connectivity index (χ4n) is 5.83. The van der Waals surface area contributed by atoms with Crippen LogP contribution in [0.25, 0.3) is 0 Å². The van der Waals surface area contributed by atoms with Gasteiger partial charge in [0.15, 0.2) is 0 Å². The number of carbonyl (C=O) groups is 1. The zero-order chi connectivity index (χ0) is 15.6. The lowest BCUT2D eigenvalue weighted by Crippen LogP contribution is -2.60. The zero-order valence-corrected chi connectivity index (χ0v) is 14.3. The molecule has 4 bridgehead atoms. The van der Waals surface area contributed by atoms with Crippen molar-refractivity contribution in [1.29, 1.82) is 0 Å². The van der Waals surface area contributed by atoms with E-state index < -0.39 is 0 Å². The summed E-state index contributed by atoms with van der Waals surface area (Å²) in [7, 11) is 0. The first-order valence-corrected chi connectivity index (χ1v) is 9.31. The number of hydrogen-bond donors (Lipinski definition) is 1. The van der Waals surface area contributed by atoms with Crippen molar-refractivity contribution in [2.75, 3.05) is 26.2 Å². The summed E-state index contributed by atoms with van der Waals surface area (Å²) in [6, 6.07) is 0. The molecule has 0 aromatic carbocycles. The van der Waals surface area contributed by atoms with Gasteiger partial charge in [-0.1, -0.05) is 6.92 Å². The molecule has 0 aromatic heterocycles. The minimum atomic E-state index is -0.277. The zero-order valence-electron chi connectivity index (χ0n) is 14.3. The molecule has 0 aliphatic heterocycles. The Bertz CT molecular complexity index is 361. The van der Waals surface area contributed by atoms with Gasteiger partial charge in [0.2, 0.25) is 0 Å². The lowest BCUT2D eigenvalue weighted by atomic mass is 9.52. The molecule has 0 aromatic rings. The van der Waals surface area contributed by atoms with Crippen LogP contribution >= 0.6 is 0 Å². The number of rotatable bonds is 7. The summed E-state index contributed by atoms with van der Waals surface area (Å²) in [5.41, 5.74) is 0.493. The first kappa shape index (κ1) is 16.1. The van der Waals surface area contributed by atoms with Crippen LogP contribution in [0.1, 0.15) is 58.8 Å². The van der Waals surface area contributed by atoms with E-state index in [1.165, 1.54) is 38.5 Å². The third-order valence-corrected chi connectivity index (χ3v) is 6.21. The maximum atomic E-state index is 11.3. The van der Waals surface area contributed by atoms with Gasteiger partial charge < -0.3 is 10.1 Å². The Labute approximate surface area is 135 Å². The number of ether oxygens (including phenoxy) is 1. The molecule has 1 N–H and O–H groups in total. The Balaban J connectivity index is 1.50. The van der Waals surface area contributed by atoms with Crippen molar-refractivity contribution in [3.05, 3.63) is 0 Å². The lowest BCUT2D eigenvalue weighted by Gasteiger charge is -2.60. The summed E-state index contributed by atoms with van der Waals surface area (Å²) < 4.78 is 4.91. The number of carbonyl (C=O) groups excluding carboxylic acids is 1. The standard InChI is InChI=1S/C18H32N2O2/c1-3-20(7-5-6-19-17(21)22-4-2)18-11-14-8-15(12-18)10-16(9-14)13-18/h14-16H,3-13H2,1-2H3,(H,19,21). The van der Waals surface area contributed by atoms with Crippen LogP contribution in [0.15, 0.2) is 0 Å². The largest absolute Gasteiger partial charge is 0.450 e. The molecule has 4 rings (SSSR count). The van der Waals surface area contributed by atoms with Crippen molar-refractivity contribution >= 4 is 6.09 Å². The average Bonchev–Trinajstić information content (AvgIpc) is 2.45. The molecule has 4 aliphatic carbocycles. The van der Waals surface area contributed by atoms with Gasteiger partial charge in [-0.05, 0) is 76.2 Å². The van der Waals surface area contributed by atoms with Crippen LogP contribution < -0.4 is 5.32 Å². The molecular weight excluding hydrogens is 276 g/mol. The predicted molar refractivity (Wildman–Crippen MR) is 87.8 cm³/mol. The van der Waals surface area contributed by atoms with Gasteiger partial charge in [-0.3, -0.25) is 4.90 Å². The highest BCUT2D eigenvalue weighted by molar-refractivity contribution is 5.66. The van der Waals surface area contributed by atoms with E-state index in [2.05, 4.69) is 17.1 Å². The quantitative estimate of drug-likeness (QED) is 0.733. The molecule has 0 atom stereocenters. The highest BCUT2D eigenvalue weighted by Gasteiger charge is 2.52. The van der Waals surface area contributed by atoms with Gasteiger partial charge in [0.25, 0.3) is 0 Å². The summed E-state index contributed by atoms with van der Waals surface area (Å²) in [6.45, 7) is 7.56. The molecule has 126 valence electrons. The molecule has 0 radical (unpaired) electrons. The number of nitrogens with zero attached hydrogens (tertiary/aromatic N) is 1. The van der Waals surface area contributed by atoms with E-state index in [9.17, 15) is 4.79 Å². The van der Waals surface area contributed by atoms with Gasteiger partial charge in [0, 0.05) is 18.6 Å². The lowest BCUT2D eigenvalue weighted by molar-refractivity contribution is -0.0871. The van der Waals surface area contributed by atoms with Crippen LogP contribution in [-0.4, -0.2) is 42.8 Å². The maximum Gasteiger partial charge on any atom is 0.407 e. The summed E-state index contributed by atoms with van der Waals surface area (Å²) in [4.78, 5) is 14.1. The number of alkyl carbamates (subject to hydrolysis) is 1. The van der Waals surface area contributed by atoms with Crippen molar-refractivity contribution in [3.63, 3.8) is 0 Å². The highest BCUT2D eigenvalue weighted by atomic mass is 16.5. The fraction of sp³-hybridized carbons (Fsp3) is 0.944. The molecular formula is C18H32N2O2. The summed E-state index contributed by atoms with van der Waals surface area (Å²) in [5, 5.41) is 2.85. The van der Waals surface area contributed by atoms with E-state index >= 15 is 0 Å². The van der Waals surface area contributed by atoms with Crippen LogP contribution in [0.2, 0.25) is 0 Å². The predicted octanol–water partition coefficient (Wildman–Crippen LogP) is 3.41. The third kappa shape index (κ3) is 3.27. The van der Waals surface area contributed by atoms with E-state index in [4.69, 9.17) is 4.74 Å². The van der Waals surface area contributed by atoms with Crippen LogP contribution in [-0.2, 0) is 4.74 Å². The second kappa shape index (κ2) is 6.77. The molecule has 0 heterocycles. The van der Waals surface area contributed by atoms with Crippen LogP contribution in [0.3, 0.4) is 0 Å². The molecule has 22 heavy (non-hydrogen) atoms. The minimum absolute atomic E-state index is 0.277. The Morgan fingerprint density at radius 3 is 2.23 bits per heavy atom. The van der Waals surface area contributed by atoms with E-state index in [0.717, 1.165) is 43.8 Å². The van der Waals surface area contributed by atoms with E-state index in [1.54, 1.807) is 0 Å². The highest BCUT2D eigenvalue weighted by Crippen LogP contribution is 2.57. The molecule has 4 fully saturated rings. The summed E-state index contributed by atoms with van der Waals surface area (Å²) in [6.07, 6.45) is 9.53. The molecule has 4 aliphatic rings. The molecule has 1 amide bonds. The summed E-state index contributed by atoms with van der Waals surface area (Å²) >= 11 is 0. The Morgan fingerprint density at radius 1 is 1.14 bits per heavy atom. The monoisotopic (exact) mass is 308 g/mol. The van der Waals surface area contributed by atoms with Crippen LogP contribution in [0, 0.1) is 17.8 Å². The van der Waals surface area contributed by atoms with E-state index in [-0.39, 0.29) is 6.09 Å². The van der Waals surface area contributed by atoms with Crippen LogP contribution in [0.5, 0.6) is 0 Å². The van der Waals surface area contributed by atoms with Crippen molar-refractivity contribution in [1.82, 2.24) is 10.2 Å². The minimum Gasteiger partial charge on any atom is -0.450 e. The Kier molecular flexibility index (Phi) is 4.96. The van der Waals surface area contributed by atoms with Gasteiger partial charge in [-0.2, -0.15) is 0 Å². The Hall–Kier alpha value is -0.770. The Morgan fingerprint density at radius 2 is 1.73 bits per heavy atom. The van der Waals surface area contributed by atoms with Gasteiger partial charge in [-0.25, -0.2) is 4.79 Å². The van der Waals surface area contributed by atoms with E-state index in [0.29, 0.717) is 12.1 Å². The number of hydrogen-bond acceptors (Lipinski definition) is 3. The van der Waals surface area contributed by atoms with E-state index in [1.807, 2.05) is 6.92 Å². The summed E-state index contributed by atoms with van der Waals surface area (Å²) in [5.74, 6) is 2.99. The second-order valence-electron chi connectivity index (χ2n) is 7.72. The third-order valence-electron chi connectivity index (χ3n) is 6.21. The van der Waals surface area contributed by atoms with Gasteiger partial charge >= 0.3 is 6.09 Å². The maximum absolute atomic E-state index is 11.3. The molecule has 4 saturated carbocycles.